The minimum atomic E-state index is -1.46. The predicted molar refractivity (Wildman–Crippen MR) is 103 cm³/mol. The summed E-state index contributed by atoms with van der Waals surface area (Å²) in [6.45, 7) is 9.57. The zero-order valence-electron chi connectivity index (χ0n) is 15.7. The first kappa shape index (κ1) is 21.5. The molecule has 26 heavy (non-hydrogen) atoms. The Balaban J connectivity index is 0.000000273. The number of rotatable bonds is 2. The molecule has 0 fully saturated rings. The molecule has 0 bridgehead atoms. The molecule has 0 saturated heterocycles. The van der Waals surface area contributed by atoms with Crippen LogP contribution in [0.25, 0.3) is 0 Å². The smallest absolute Gasteiger partial charge is 0.164 e. The molecule has 2 atom stereocenters. The van der Waals surface area contributed by atoms with Crippen molar-refractivity contribution in [1.82, 2.24) is 19.9 Å². The Bertz CT molecular complexity index is 799. The van der Waals surface area contributed by atoms with Crippen molar-refractivity contribution in [2.75, 3.05) is 0 Å². The molecular weight excluding hydrogens is 344 g/mol. The largest absolute Gasteiger partial charge is 0.372 e. The van der Waals surface area contributed by atoms with Crippen LogP contribution in [-0.2, 0) is 11.2 Å². The van der Waals surface area contributed by atoms with Crippen molar-refractivity contribution >= 4 is 8.07 Å². The fourth-order valence-electron chi connectivity index (χ4n) is 1.60. The van der Waals surface area contributed by atoms with Crippen molar-refractivity contribution in [3.63, 3.8) is 0 Å². The van der Waals surface area contributed by atoms with E-state index in [0.717, 1.165) is 0 Å². The fourth-order valence-corrected chi connectivity index (χ4v) is 2.22. The van der Waals surface area contributed by atoms with Gasteiger partial charge in [-0.3, -0.25) is 0 Å². The van der Waals surface area contributed by atoms with E-state index >= 15 is 0 Å². The topological polar surface area (TPSA) is 92.0 Å². The van der Waals surface area contributed by atoms with Gasteiger partial charge in [0.05, 0.1) is 11.4 Å². The second-order valence-electron chi connectivity index (χ2n) is 6.98. The maximum Gasteiger partial charge on any atom is 0.164 e. The van der Waals surface area contributed by atoms with E-state index < -0.39 is 19.3 Å². The molecule has 0 spiro atoms. The number of aliphatic hydroxyl groups is 2. The van der Waals surface area contributed by atoms with Gasteiger partial charge >= 0.3 is 0 Å². The van der Waals surface area contributed by atoms with Gasteiger partial charge in [-0.2, -0.15) is 0 Å². The van der Waals surface area contributed by atoms with Gasteiger partial charge in [0.15, 0.2) is 11.2 Å². The summed E-state index contributed by atoms with van der Waals surface area (Å²) in [5.41, 5.74) is 1.66. The van der Waals surface area contributed by atoms with Crippen LogP contribution in [-0.4, -0.2) is 38.2 Å². The first-order chi connectivity index (χ1) is 12.0. The lowest BCUT2D eigenvalue weighted by Crippen LogP contribution is -2.23. The summed E-state index contributed by atoms with van der Waals surface area (Å²) >= 11 is 0. The van der Waals surface area contributed by atoms with Crippen molar-refractivity contribution in [2.24, 2.45) is 0 Å². The van der Waals surface area contributed by atoms with Crippen molar-refractivity contribution in [3.05, 3.63) is 48.6 Å². The van der Waals surface area contributed by atoms with Crippen LogP contribution in [0.1, 0.15) is 25.2 Å². The number of aromatic nitrogens is 4. The monoisotopic (exact) mass is 368 g/mol. The molecule has 2 aromatic heterocycles. The van der Waals surface area contributed by atoms with Gasteiger partial charge < -0.3 is 10.2 Å². The molecule has 2 unspecified atom stereocenters. The fraction of sp³-hybridized carbons (Fsp3) is 0.368. The van der Waals surface area contributed by atoms with Crippen LogP contribution in [0.2, 0.25) is 19.6 Å². The molecule has 0 radical (unpaired) electrons. The minimum Gasteiger partial charge on any atom is -0.372 e. The Morgan fingerprint density at radius 3 is 1.73 bits per heavy atom. The van der Waals surface area contributed by atoms with Gasteiger partial charge in [-0.25, -0.2) is 19.9 Å². The molecule has 0 aliphatic carbocycles. The van der Waals surface area contributed by atoms with Crippen LogP contribution in [0.4, 0.5) is 0 Å². The first-order valence-electron chi connectivity index (χ1n) is 7.98. The van der Waals surface area contributed by atoms with E-state index in [0.29, 0.717) is 11.4 Å². The minimum absolute atomic E-state index is 0.440. The lowest BCUT2D eigenvalue weighted by Gasteiger charge is -2.16. The Kier molecular flexibility index (Phi) is 7.16. The first-order valence-corrected chi connectivity index (χ1v) is 11.5. The van der Waals surface area contributed by atoms with E-state index in [1.54, 1.807) is 25.3 Å². The molecule has 2 rings (SSSR count). The van der Waals surface area contributed by atoms with Crippen LogP contribution in [0, 0.1) is 23.8 Å². The van der Waals surface area contributed by atoms with Crippen LogP contribution < -0.4 is 0 Å². The average Bonchev–Trinajstić information content (AvgIpc) is 2.62. The summed E-state index contributed by atoms with van der Waals surface area (Å²) in [4.78, 5) is 15.3. The van der Waals surface area contributed by atoms with Gasteiger partial charge in [0.25, 0.3) is 0 Å². The van der Waals surface area contributed by atoms with Crippen LogP contribution in [0.5, 0.6) is 0 Å². The molecule has 2 aromatic rings. The third-order valence-corrected chi connectivity index (χ3v) is 4.00. The summed E-state index contributed by atoms with van der Waals surface area (Å²) in [6.07, 6.45) is 11.0. The number of terminal acetylenes is 1. The Morgan fingerprint density at radius 1 is 0.923 bits per heavy atom. The summed E-state index contributed by atoms with van der Waals surface area (Å²) in [7, 11) is -1.46. The third kappa shape index (κ3) is 7.12. The van der Waals surface area contributed by atoms with E-state index in [1.165, 1.54) is 25.8 Å². The molecule has 2 N–H and O–H groups in total. The van der Waals surface area contributed by atoms with Gasteiger partial charge in [0.1, 0.15) is 20.7 Å². The van der Waals surface area contributed by atoms with Gasteiger partial charge in [0.2, 0.25) is 0 Å². The quantitative estimate of drug-likeness (QED) is 0.621. The second-order valence-corrected chi connectivity index (χ2v) is 11.7. The molecule has 0 aliphatic rings. The Morgan fingerprint density at radius 2 is 1.38 bits per heavy atom. The normalized spacial score (nSPS) is 15.0. The van der Waals surface area contributed by atoms with Crippen LogP contribution >= 0.6 is 0 Å². The van der Waals surface area contributed by atoms with Gasteiger partial charge in [-0.15, -0.1) is 12.0 Å². The highest BCUT2D eigenvalue weighted by atomic mass is 28.3. The van der Waals surface area contributed by atoms with E-state index in [2.05, 4.69) is 57.0 Å². The summed E-state index contributed by atoms with van der Waals surface area (Å²) in [5, 5.41) is 19.6. The average molecular weight is 369 g/mol. The maximum atomic E-state index is 10.1. The maximum absolute atomic E-state index is 10.1. The van der Waals surface area contributed by atoms with Gasteiger partial charge in [-0.1, -0.05) is 31.5 Å². The van der Waals surface area contributed by atoms with Gasteiger partial charge in [0, 0.05) is 12.4 Å². The molecule has 7 heteroatoms. The predicted octanol–water partition coefficient (Wildman–Crippen LogP) is 1.88. The standard InChI is InChI=1S/C11H16N2OSi.C8H8N2O/c1-11(14,6-8-15(2,3)4)10-5-7-12-9-13-10;1-3-8(2,11)7-4-5-9-6-10-7/h5,7,9,14H,1-4H3;1,4-6,11H,2H3. The summed E-state index contributed by atoms with van der Waals surface area (Å²) in [5.74, 6) is 5.12. The van der Waals surface area contributed by atoms with E-state index in [4.69, 9.17) is 6.42 Å². The molecule has 0 aromatic carbocycles. The number of hydrogen-bond donors (Lipinski definition) is 2. The number of hydrogen-bond acceptors (Lipinski definition) is 6. The third-order valence-electron chi connectivity index (χ3n) is 3.12. The molecule has 2 heterocycles. The molecule has 136 valence electrons. The molecule has 0 amide bonds. The lowest BCUT2D eigenvalue weighted by atomic mass is 10.0. The number of nitrogens with zero attached hydrogens (tertiary/aromatic N) is 4. The molecular formula is C19H24N4O2Si. The Hall–Kier alpha value is -2.58. The van der Waals surface area contributed by atoms with E-state index in [9.17, 15) is 10.2 Å². The highest BCUT2D eigenvalue weighted by Gasteiger charge is 2.22. The Labute approximate surface area is 155 Å². The molecule has 6 nitrogen and oxygen atoms in total. The molecule has 0 saturated carbocycles. The zero-order chi connectivity index (χ0) is 19.8. The van der Waals surface area contributed by atoms with Gasteiger partial charge in [-0.05, 0) is 26.0 Å². The highest BCUT2D eigenvalue weighted by Crippen LogP contribution is 2.16. The molecule has 0 aliphatic heterocycles. The lowest BCUT2D eigenvalue weighted by molar-refractivity contribution is 0.117. The van der Waals surface area contributed by atoms with E-state index in [-0.39, 0.29) is 0 Å². The second kappa shape index (κ2) is 8.68. The van der Waals surface area contributed by atoms with Crippen molar-refractivity contribution < 1.29 is 10.2 Å². The summed E-state index contributed by atoms with van der Waals surface area (Å²) in [6, 6.07) is 3.26. The van der Waals surface area contributed by atoms with Crippen LogP contribution in [0.15, 0.2) is 37.2 Å². The van der Waals surface area contributed by atoms with Crippen LogP contribution in [0.3, 0.4) is 0 Å². The van der Waals surface area contributed by atoms with Crippen molar-refractivity contribution in [2.45, 2.75) is 44.7 Å². The van der Waals surface area contributed by atoms with Crippen molar-refractivity contribution in [1.29, 1.82) is 0 Å². The highest BCUT2D eigenvalue weighted by molar-refractivity contribution is 6.83. The zero-order valence-corrected chi connectivity index (χ0v) is 16.7. The van der Waals surface area contributed by atoms with E-state index in [1.807, 2.05) is 0 Å². The summed E-state index contributed by atoms with van der Waals surface area (Å²) < 4.78 is 0. The SMILES string of the molecule is C#CC(C)(O)c1ccncn1.CC(O)(C#C[Si](C)(C)C)c1ccncn1. The van der Waals surface area contributed by atoms with Crippen molar-refractivity contribution in [3.8, 4) is 23.8 Å².